The van der Waals surface area contributed by atoms with Crippen molar-refractivity contribution in [2.24, 2.45) is 5.41 Å². The topological polar surface area (TPSA) is 0 Å². The summed E-state index contributed by atoms with van der Waals surface area (Å²) >= 11 is 0. The van der Waals surface area contributed by atoms with Gasteiger partial charge in [-0.25, -0.2) is 0 Å². The molecule has 0 amide bonds. The van der Waals surface area contributed by atoms with Crippen LogP contribution in [0.5, 0.6) is 0 Å². The second-order valence-corrected chi connectivity index (χ2v) is 3.43. The molecule has 0 aliphatic heterocycles. The van der Waals surface area contributed by atoms with E-state index in [4.69, 9.17) is 0 Å². The quantitative estimate of drug-likeness (QED) is 0.517. The van der Waals surface area contributed by atoms with Gasteiger partial charge in [-0.2, -0.15) is 0 Å². The molecule has 0 saturated carbocycles. The average Bonchev–Trinajstić information content (AvgIpc) is 2.10. The van der Waals surface area contributed by atoms with Gasteiger partial charge in [-0.3, -0.25) is 0 Å². The smallest absolute Gasteiger partial charge is 0.00688 e. The van der Waals surface area contributed by atoms with Crippen LogP contribution in [0.4, 0.5) is 0 Å². The molecule has 0 spiro atoms. The third kappa shape index (κ3) is 0.942. The fourth-order valence-electron chi connectivity index (χ4n) is 1.21. The maximum atomic E-state index is 4.02. The molecule has 0 fully saturated rings. The number of rotatable bonds is 1. The van der Waals surface area contributed by atoms with Crippen molar-refractivity contribution in [2.75, 3.05) is 0 Å². The summed E-state index contributed by atoms with van der Waals surface area (Å²) < 4.78 is 0. The highest BCUT2D eigenvalue weighted by Gasteiger charge is 2.26. The lowest BCUT2D eigenvalue weighted by atomic mass is 9.85. The molecule has 1 aliphatic carbocycles. The SMILES string of the molecule is C=CC1=CCC(C)(C)C1=C. The highest BCUT2D eigenvalue weighted by Crippen LogP contribution is 2.40. The van der Waals surface area contributed by atoms with Crippen LogP contribution >= 0.6 is 0 Å². The molecule has 0 N–H and O–H groups in total. The van der Waals surface area contributed by atoms with Crippen molar-refractivity contribution in [3.63, 3.8) is 0 Å². The van der Waals surface area contributed by atoms with Gasteiger partial charge in [0, 0.05) is 0 Å². The molecule has 0 heteroatoms. The molecular weight excluding hydrogens is 120 g/mol. The molecule has 0 unspecified atom stereocenters. The average molecular weight is 134 g/mol. The largest absolute Gasteiger partial charge is 0.0985 e. The number of hydrogen-bond acceptors (Lipinski definition) is 0. The molecule has 54 valence electrons. The molecule has 0 aromatic carbocycles. The van der Waals surface area contributed by atoms with Gasteiger partial charge in [0.05, 0.1) is 0 Å². The molecule has 1 aliphatic rings. The molecule has 0 aromatic heterocycles. The monoisotopic (exact) mass is 134 g/mol. The Morgan fingerprint density at radius 2 is 2.20 bits per heavy atom. The van der Waals surface area contributed by atoms with E-state index in [-0.39, 0.29) is 5.41 Å². The van der Waals surface area contributed by atoms with Crippen LogP contribution in [0.1, 0.15) is 20.3 Å². The molecular formula is C10H14. The van der Waals surface area contributed by atoms with E-state index in [9.17, 15) is 0 Å². The standard InChI is InChI=1S/C10H14/c1-5-9-6-7-10(3,4)8(9)2/h5-6H,1-2,7H2,3-4H3. The Morgan fingerprint density at radius 3 is 2.40 bits per heavy atom. The van der Waals surface area contributed by atoms with E-state index in [0.29, 0.717) is 0 Å². The van der Waals surface area contributed by atoms with Crippen molar-refractivity contribution in [2.45, 2.75) is 20.3 Å². The molecule has 0 radical (unpaired) electrons. The van der Waals surface area contributed by atoms with Gasteiger partial charge in [-0.1, -0.05) is 39.2 Å². The second-order valence-electron chi connectivity index (χ2n) is 3.43. The minimum atomic E-state index is 0.267. The third-order valence-corrected chi connectivity index (χ3v) is 2.22. The number of hydrogen-bond donors (Lipinski definition) is 0. The normalized spacial score (nSPS) is 22.6. The first-order chi connectivity index (χ1) is 4.58. The summed E-state index contributed by atoms with van der Waals surface area (Å²) in [4.78, 5) is 0. The van der Waals surface area contributed by atoms with Crippen molar-refractivity contribution < 1.29 is 0 Å². The molecule has 0 nitrogen and oxygen atoms in total. The zero-order valence-electron chi connectivity index (χ0n) is 6.78. The third-order valence-electron chi connectivity index (χ3n) is 2.22. The first-order valence-electron chi connectivity index (χ1n) is 3.60. The van der Waals surface area contributed by atoms with E-state index in [1.54, 1.807) is 0 Å². The summed E-state index contributed by atoms with van der Waals surface area (Å²) in [6, 6.07) is 0. The van der Waals surface area contributed by atoms with Gasteiger partial charge in [0.1, 0.15) is 0 Å². The van der Waals surface area contributed by atoms with Crippen LogP contribution in [0.2, 0.25) is 0 Å². The van der Waals surface area contributed by atoms with Crippen LogP contribution in [-0.2, 0) is 0 Å². The summed E-state index contributed by atoms with van der Waals surface area (Å²) in [5.41, 5.74) is 2.72. The van der Waals surface area contributed by atoms with Crippen LogP contribution in [0, 0.1) is 5.41 Å². The lowest BCUT2D eigenvalue weighted by Crippen LogP contribution is -2.07. The van der Waals surface area contributed by atoms with Crippen LogP contribution in [0.3, 0.4) is 0 Å². The minimum absolute atomic E-state index is 0.267. The Bertz CT molecular complexity index is 204. The Morgan fingerprint density at radius 1 is 1.60 bits per heavy atom. The van der Waals surface area contributed by atoms with Gasteiger partial charge in [0.25, 0.3) is 0 Å². The summed E-state index contributed by atoms with van der Waals surface area (Å²) in [6.07, 6.45) is 5.19. The predicted molar refractivity (Wildman–Crippen MR) is 45.8 cm³/mol. The molecule has 0 saturated heterocycles. The van der Waals surface area contributed by atoms with E-state index in [2.05, 4.69) is 33.1 Å². The molecule has 0 atom stereocenters. The summed E-state index contributed by atoms with van der Waals surface area (Å²) in [6.45, 7) is 12.2. The van der Waals surface area contributed by atoms with Crippen LogP contribution in [0.15, 0.2) is 36.5 Å². The van der Waals surface area contributed by atoms with Crippen LogP contribution in [-0.4, -0.2) is 0 Å². The first kappa shape index (κ1) is 7.33. The molecule has 0 bridgehead atoms. The highest BCUT2D eigenvalue weighted by molar-refractivity contribution is 5.45. The van der Waals surface area contributed by atoms with E-state index < -0.39 is 0 Å². The van der Waals surface area contributed by atoms with Crippen LogP contribution < -0.4 is 0 Å². The van der Waals surface area contributed by atoms with Crippen molar-refractivity contribution in [1.82, 2.24) is 0 Å². The van der Waals surface area contributed by atoms with E-state index in [0.717, 1.165) is 6.42 Å². The second kappa shape index (κ2) is 2.12. The van der Waals surface area contributed by atoms with Gasteiger partial charge in [0.15, 0.2) is 0 Å². The molecule has 0 aromatic rings. The molecule has 0 heterocycles. The molecule has 10 heavy (non-hydrogen) atoms. The van der Waals surface area contributed by atoms with E-state index in [1.165, 1.54) is 11.1 Å². The summed E-state index contributed by atoms with van der Waals surface area (Å²) in [7, 11) is 0. The first-order valence-corrected chi connectivity index (χ1v) is 3.60. The van der Waals surface area contributed by atoms with E-state index in [1.807, 2.05) is 6.08 Å². The fraction of sp³-hybridized carbons (Fsp3) is 0.400. The zero-order chi connectivity index (χ0) is 7.78. The Hall–Kier alpha value is -0.780. The van der Waals surface area contributed by atoms with Gasteiger partial charge in [-0.15, -0.1) is 0 Å². The molecule has 1 rings (SSSR count). The Kier molecular flexibility index (Phi) is 1.55. The fourth-order valence-corrected chi connectivity index (χ4v) is 1.21. The summed E-state index contributed by atoms with van der Waals surface area (Å²) in [5.74, 6) is 0. The number of allylic oxidation sites excluding steroid dienone is 4. The highest BCUT2D eigenvalue weighted by atomic mass is 14.3. The lowest BCUT2D eigenvalue weighted by Gasteiger charge is -2.19. The van der Waals surface area contributed by atoms with Gasteiger partial charge >= 0.3 is 0 Å². The van der Waals surface area contributed by atoms with E-state index >= 15 is 0 Å². The zero-order valence-corrected chi connectivity index (χ0v) is 6.78. The minimum Gasteiger partial charge on any atom is -0.0985 e. The van der Waals surface area contributed by atoms with Gasteiger partial charge in [0.2, 0.25) is 0 Å². The van der Waals surface area contributed by atoms with Crippen molar-refractivity contribution in [1.29, 1.82) is 0 Å². The van der Waals surface area contributed by atoms with Gasteiger partial charge < -0.3 is 0 Å². The van der Waals surface area contributed by atoms with Crippen molar-refractivity contribution in [3.8, 4) is 0 Å². The Balaban J connectivity index is 2.89. The maximum absolute atomic E-state index is 4.02. The Labute approximate surface area is 62.9 Å². The summed E-state index contributed by atoms with van der Waals surface area (Å²) in [5, 5.41) is 0. The maximum Gasteiger partial charge on any atom is -0.00688 e. The van der Waals surface area contributed by atoms with Gasteiger partial charge in [-0.05, 0) is 23.0 Å². The lowest BCUT2D eigenvalue weighted by molar-refractivity contribution is 0.483. The predicted octanol–water partition coefficient (Wildman–Crippen LogP) is 3.08. The van der Waals surface area contributed by atoms with Crippen LogP contribution in [0.25, 0.3) is 0 Å². The van der Waals surface area contributed by atoms with Crippen molar-refractivity contribution >= 4 is 0 Å². The van der Waals surface area contributed by atoms with Crippen molar-refractivity contribution in [3.05, 3.63) is 36.5 Å².